The Kier molecular flexibility index (Phi) is 3.41. The Morgan fingerprint density at radius 1 is 1.36 bits per heavy atom. The number of aryl methyl sites for hydroxylation is 1. The molecule has 14 heavy (non-hydrogen) atoms. The predicted molar refractivity (Wildman–Crippen MR) is 55.2 cm³/mol. The number of methoxy groups -OCH3 is 1. The van der Waals surface area contributed by atoms with Gasteiger partial charge in [-0.05, 0) is 18.6 Å². The van der Waals surface area contributed by atoms with E-state index in [1.54, 1.807) is 25.1 Å². The van der Waals surface area contributed by atoms with Crippen molar-refractivity contribution in [2.75, 3.05) is 7.11 Å². The molecule has 0 saturated heterocycles. The molecule has 0 bridgehead atoms. The average molecular weight is 257 g/mol. The van der Waals surface area contributed by atoms with Crippen LogP contribution in [0.2, 0.25) is 0 Å². The van der Waals surface area contributed by atoms with E-state index in [0.717, 1.165) is 5.56 Å². The topological polar surface area (TPSA) is 43.4 Å². The van der Waals surface area contributed by atoms with Crippen LogP contribution in [0.5, 0.6) is 0 Å². The maximum absolute atomic E-state index is 11.5. The highest BCUT2D eigenvalue weighted by Crippen LogP contribution is 2.20. The van der Waals surface area contributed by atoms with E-state index >= 15 is 0 Å². The van der Waals surface area contributed by atoms with Crippen LogP contribution in [0.15, 0.2) is 22.7 Å². The second-order valence-electron chi connectivity index (χ2n) is 2.75. The molecule has 1 aromatic carbocycles. The van der Waals surface area contributed by atoms with Crippen molar-refractivity contribution in [3.05, 3.63) is 33.8 Å². The van der Waals surface area contributed by atoms with Crippen molar-refractivity contribution in [1.29, 1.82) is 0 Å². The van der Waals surface area contributed by atoms with Crippen molar-refractivity contribution in [2.45, 2.75) is 6.92 Å². The first kappa shape index (κ1) is 10.9. The summed E-state index contributed by atoms with van der Waals surface area (Å²) < 4.78 is 4.97. The molecule has 0 amide bonds. The number of ketones is 1. The molecule has 1 rings (SSSR count). The van der Waals surface area contributed by atoms with Gasteiger partial charge in [0.2, 0.25) is 0 Å². The quantitative estimate of drug-likeness (QED) is 0.463. The van der Waals surface area contributed by atoms with E-state index in [-0.39, 0.29) is 0 Å². The zero-order valence-electron chi connectivity index (χ0n) is 7.83. The molecule has 0 fully saturated rings. The first-order valence-corrected chi connectivity index (χ1v) is 4.75. The Balaban J connectivity index is 3.19. The number of carbonyl (C=O) groups excluding carboxylic acids is 2. The molecular formula is C10H9BrO3. The standard InChI is InChI=1S/C10H9BrO3/c1-6-4-3-5-7(11)8(6)9(12)10(13)14-2/h3-5H,1-2H3. The molecule has 0 saturated carbocycles. The second-order valence-corrected chi connectivity index (χ2v) is 3.61. The van der Waals surface area contributed by atoms with Crippen LogP contribution >= 0.6 is 15.9 Å². The SMILES string of the molecule is COC(=O)C(=O)c1c(C)cccc1Br. The van der Waals surface area contributed by atoms with Gasteiger partial charge in [0.05, 0.1) is 7.11 Å². The van der Waals surface area contributed by atoms with Gasteiger partial charge >= 0.3 is 5.97 Å². The molecule has 3 nitrogen and oxygen atoms in total. The zero-order chi connectivity index (χ0) is 10.7. The van der Waals surface area contributed by atoms with Crippen LogP contribution in [0.25, 0.3) is 0 Å². The molecule has 0 heterocycles. The lowest BCUT2D eigenvalue weighted by Gasteiger charge is -2.05. The fourth-order valence-corrected chi connectivity index (χ4v) is 1.76. The van der Waals surface area contributed by atoms with Gasteiger partial charge in [-0.25, -0.2) is 4.79 Å². The summed E-state index contributed by atoms with van der Waals surface area (Å²) in [7, 11) is 1.19. The number of Topliss-reactive ketones (excluding diaryl/α,β-unsaturated/α-hetero) is 1. The summed E-state index contributed by atoms with van der Waals surface area (Å²) >= 11 is 3.22. The Hall–Kier alpha value is -1.16. The number of benzene rings is 1. The van der Waals surface area contributed by atoms with Crippen LogP contribution in [0, 0.1) is 6.92 Å². The Morgan fingerprint density at radius 3 is 2.50 bits per heavy atom. The highest BCUT2D eigenvalue weighted by atomic mass is 79.9. The van der Waals surface area contributed by atoms with Crippen molar-refractivity contribution >= 4 is 27.7 Å². The predicted octanol–water partition coefficient (Wildman–Crippen LogP) is 2.11. The first-order valence-electron chi connectivity index (χ1n) is 3.95. The van der Waals surface area contributed by atoms with Gasteiger partial charge in [-0.1, -0.05) is 28.1 Å². The summed E-state index contributed by atoms with van der Waals surface area (Å²) in [5, 5.41) is 0. The van der Waals surface area contributed by atoms with Gasteiger partial charge in [0, 0.05) is 10.0 Å². The van der Waals surface area contributed by atoms with Crippen LogP contribution in [-0.2, 0) is 9.53 Å². The number of hydrogen-bond donors (Lipinski definition) is 0. The summed E-state index contributed by atoms with van der Waals surface area (Å²) in [5.41, 5.74) is 1.11. The van der Waals surface area contributed by atoms with Crippen LogP contribution in [0.1, 0.15) is 15.9 Å². The van der Waals surface area contributed by atoms with Crippen molar-refractivity contribution < 1.29 is 14.3 Å². The van der Waals surface area contributed by atoms with Gasteiger partial charge in [-0.2, -0.15) is 0 Å². The molecule has 0 aliphatic heterocycles. The fourth-order valence-electron chi connectivity index (χ4n) is 1.11. The van der Waals surface area contributed by atoms with Crippen LogP contribution in [-0.4, -0.2) is 18.9 Å². The van der Waals surface area contributed by atoms with E-state index in [1.165, 1.54) is 7.11 Å². The molecule has 74 valence electrons. The average Bonchev–Trinajstić information content (AvgIpc) is 2.16. The molecule has 1 aromatic rings. The summed E-state index contributed by atoms with van der Waals surface area (Å²) in [6, 6.07) is 5.28. The van der Waals surface area contributed by atoms with Gasteiger partial charge in [-0.3, -0.25) is 4.79 Å². The lowest BCUT2D eigenvalue weighted by molar-refractivity contribution is -0.135. The minimum Gasteiger partial charge on any atom is -0.463 e. The van der Waals surface area contributed by atoms with Crippen molar-refractivity contribution in [1.82, 2.24) is 0 Å². The molecule has 0 aromatic heterocycles. The van der Waals surface area contributed by atoms with E-state index < -0.39 is 11.8 Å². The lowest BCUT2D eigenvalue weighted by Crippen LogP contribution is -2.17. The van der Waals surface area contributed by atoms with Gasteiger partial charge in [0.15, 0.2) is 0 Å². The molecule has 0 spiro atoms. The van der Waals surface area contributed by atoms with Gasteiger partial charge in [0.1, 0.15) is 0 Å². The molecule has 0 unspecified atom stereocenters. The number of ether oxygens (including phenoxy) is 1. The van der Waals surface area contributed by atoms with Crippen LogP contribution in [0.4, 0.5) is 0 Å². The van der Waals surface area contributed by atoms with Crippen molar-refractivity contribution in [2.24, 2.45) is 0 Å². The second kappa shape index (κ2) is 4.37. The van der Waals surface area contributed by atoms with E-state index in [2.05, 4.69) is 20.7 Å². The molecule has 0 aliphatic rings. The molecule has 0 radical (unpaired) electrons. The van der Waals surface area contributed by atoms with Gasteiger partial charge < -0.3 is 4.74 Å². The number of rotatable bonds is 2. The third-order valence-corrected chi connectivity index (χ3v) is 2.48. The van der Waals surface area contributed by atoms with Crippen LogP contribution in [0.3, 0.4) is 0 Å². The van der Waals surface area contributed by atoms with E-state index in [9.17, 15) is 9.59 Å². The monoisotopic (exact) mass is 256 g/mol. The lowest BCUT2D eigenvalue weighted by atomic mass is 10.1. The van der Waals surface area contributed by atoms with Crippen molar-refractivity contribution in [3.8, 4) is 0 Å². The summed E-state index contributed by atoms with van der Waals surface area (Å²) in [6.45, 7) is 1.76. The maximum atomic E-state index is 11.5. The van der Waals surface area contributed by atoms with Crippen molar-refractivity contribution in [3.63, 3.8) is 0 Å². The molecular weight excluding hydrogens is 248 g/mol. The highest BCUT2D eigenvalue weighted by molar-refractivity contribution is 9.10. The molecule has 0 aliphatic carbocycles. The smallest absolute Gasteiger partial charge is 0.379 e. The number of carbonyl (C=O) groups is 2. The zero-order valence-corrected chi connectivity index (χ0v) is 9.42. The Labute approximate surface area is 90.2 Å². The molecule has 0 atom stereocenters. The third-order valence-electron chi connectivity index (χ3n) is 1.82. The summed E-state index contributed by atoms with van der Waals surface area (Å²) in [6.07, 6.45) is 0. The fraction of sp³-hybridized carbons (Fsp3) is 0.200. The molecule has 4 heteroatoms. The number of hydrogen-bond acceptors (Lipinski definition) is 3. The maximum Gasteiger partial charge on any atom is 0.379 e. The normalized spacial score (nSPS) is 9.64. The Bertz CT molecular complexity index is 365. The number of esters is 1. The largest absolute Gasteiger partial charge is 0.463 e. The highest BCUT2D eigenvalue weighted by Gasteiger charge is 2.20. The molecule has 0 N–H and O–H groups in total. The van der Waals surface area contributed by atoms with E-state index in [1.807, 2.05) is 0 Å². The van der Waals surface area contributed by atoms with E-state index in [0.29, 0.717) is 10.0 Å². The first-order chi connectivity index (χ1) is 6.57. The van der Waals surface area contributed by atoms with Crippen LogP contribution < -0.4 is 0 Å². The summed E-state index contributed by atoms with van der Waals surface area (Å²) in [5.74, 6) is -1.47. The number of halogens is 1. The third kappa shape index (κ3) is 2.01. The Morgan fingerprint density at radius 2 is 2.00 bits per heavy atom. The minimum atomic E-state index is -0.847. The summed E-state index contributed by atoms with van der Waals surface area (Å²) in [4.78, 5) is 22.5. The minimum absolute atomic E-state index is 0.361. The van der Waals surface area contributed by atoms with Gasteiger partial charge in [0.25, 0.3) is 5.78 Å². The van der Waals surface area contributed by atoms with Gasteiger partial charge in [-0.15, -0.1) is 0 Å². The van der Waals surface area contributed by atoms with E-state index in [4.69, 9.17) is 0 Å².